The number of aliphatic carboxylic acids is 1. The van der Waals surface area contributed by atoms with E-state index in [0.29, 0.717) is 22.3 Å². The topological polar surface area (TPSA) is 110 Å². The molecule has 0 aliphatic rings. The van der Waals surface area contributed by atoms with E-state index in [2.05, 4.69) is 15.5 Å². The van der Waals surface area contributed by atoms with Gasteiger partial charge in [-0.05, 0) is 19.1 Å². The van der Waals surface area contributed by atoms with Gasteiger partial charge in [-0.3, -0.25) is 5.43 Å². The zero-order valence-electron chi connectivity index (χ0n) is 11.2. The number of nitrogens with two attached hydrogens (primary N) is 1. The maximum atomic E-state index is 10.8. The van der Waals surface area contributed by atoms with Crippen LogP contribution in [0.15, 0.2) is 34.7 Å². The van der Waals surface area contributed by atoms with Gasteiger partial charge < -0.3 is 15.6 Å². The van der Waals surface area contributed by atoms with E-state index in [9.17, 15) is 4.79 Å². The van der Waals surface area contributed by atoms with Crippen molar-refractivity contribution >= 4 is 34.5 Å². The van der Waals surface area contributed by atoms with E-state index < -0.39 is 12.1 Å². The molecule has 0 aliphatic heterocycles. The van der Waals surface area contributed by atoms with E-state index in [1.54, 1.807) is 29.6 Å². The molecule has 0 radical (unpaired) electrons. The molecular formula is C13H14N4O3S. The molecule has 1 aromatic carbocycles. The summed E-state index contributed by atoms with van der Waals surface area (Å²) in [5.74, 6) is -0.161. The fraction of sp³-hybridized carbons (Fsp3) is 0.154. The number of rotatable bonds is 6. The number of nitrogens with zero attached hydrogens (tertiary/aromatic N) is 2. The number of benzene rings is 1. The monoisotopic (exact) mass is 306 g/mol. The Balaban J connectivity index is 2.07. The number of hydrazone groups is 1. The van der Waals surface area contributed by atoms with Gasteiger partial charge in [-0.2, -0.15) is 5.10 Å². The number of anilines is 2. The summed E-state index contributed by atoms with van der Waals surface area (Å²) in [6.45, 7) is 1.47. The Bertz CT molecular complexity index is 656. The summed E-state index contributed by atoms with van der Waals surface area (Å²) in [7, 11) is 0. The highest BCUT2D eigenvalue weighted by molar-refractivity contribution is 7.14. The van der Waals surface area contributed by atoms with E-state index in [4.69, 9.17) is 15.6 Å². The van der Waals surface area contributed by atoms with Crippen molar-refractivity contribution < 1.29 is 14.6 Å². The lowest BCUT2D eigenvalue weighted by Crippen LogP contribution is -2.23. The minimum atomic E-state index is -1.03. The summed E-state index contributed by atoms with van der Waals surface area (Å²) >= 11 is 1.33. The molecule has 0 fully saturated rings. The molecule has 0 bridgehead atoms. The number of carbonyl (C=O) groups is 1. The van der Waals surface area contributed by atoms with Gasteiger partial charge in [-0.15, -0.1) is 11.3 Å². The van der Waals surface area contributed by atoms with Crippen LogP contribution in [-0.4, -0.2) is 28.4 Å². The zero-order valence-corrected chi connectivity index (χ0v) is 12.0. The highest BCUT2D eigenvalue weighted by Gasteiger charge is 2.13. The van der Waals surface area contributed by atoms with Crippen LogP contribution in [0.25, 0.3) is 0 Å². The van der Waals surface area contributed by atoms with Crippen molar-refractivity contribution in [2.24, 2.45) is 5.10 Å². The molecule has 0 saturated heterocycles. The second-order valence-electron chi connectivity index (χ2n) is 4.08. The number of hydrogen-bond donors (Lipinski definition) is 3. The average molecular weight is 306 g/mol. The number of hydrogen-bond acceptors (Lipinski definition) is 7. The van der Waals surface area contributed by atoms with Crippen LogP contribution in [0.4, 0.5) is 10.9 Å². The maximum Gasteiger partial charge on any atom is 0.344 e. The molecule has 0 saturated carbocycles. The number of para-hydroxylation sites is 1. The molecule has 1 unspecified atom stereocenters. The summed E-state index contributed by atoms with van der Waals surface area (Å²) in [6, 6.07) is 7.02. The molecule has 0 amide bonds. The Morgan fingerprint density at radius 3 is 3.00 bits per heavy atom. The highest BCUT2D eigenvalue weighted by Crippen LogP contribution is 2.19. The third-order valence-electron chi connectivity index (χ3n) is 2.46. The summed E-state index contributed by atoms with van der Waals surface area (Å²) in [6.07, 6.45) is 0.591. The number of thiazole rings is 1. The number of aromatic nitrogens is 1. The molecule has 110 valence electrons. The smallest absolute Gasteiger partial charge is 0.344 e. The van der Waals surface area contributed by atoms with E-state index in [-0.39, 0.29) is 0 Å². The lowest BCUT2D eigenvalue weighted by Gasteiger charge is -2.12. The van der Waals surface area contributed by atoms with Crippen LogP contribution in [0.1, 0.15) is 12.5 Å². The number of nitrogens with one attached hydrogen (secondary N) is 1. The predicted octanol–water partition coefficient (Wildman–Crippen LogP) is 2.02. The lowest BCUT2D eigenvalue weighted by molar-refractivity contribution is -0.144. The second kappa shape index (κ2) is 6.71. The van der Waals surface area contributed by atoms with E-state index >= 15 is 0 Å². The van der Waals surface area contributed by atoms with Crippen molar-refractivity contribution in [1.82, 2.24) is 4.98 Å². The first-order chi connectivity index (χ1) is 10.1. The third-order valence-corrected chi connectivity index (χ3v) is 3.22. The van der Waals surface area contributed by atoms with Gasteiger partial charge >= 0.3 is 5.97 Å². The fourth-order valence-electron chi connectivity index (χ4n) is 1.43. The van der Waals surface area contributed by atoms with Crippen molar-refractivity contribution in [3.05, 3.63) is 35.2 Å². The van der Waals surface area contributed by atoms with Gasteiger partial charge in [0.15, 0.2) is 6.10 Å². The predicted molar refractivity (Wildman–Crippen MR) is 81.9 cm³/mol. The van der Waals surface area contributed by atoms with E-state index in [0.717, 1.165) is 0 Å². The van der Waals surface area contributed by atoms with Crippen molar-refractivity contribution in [1.29, 1.82) is 0 Å². The van der Waals surface area contributed by atoms with Crippen LogP contribution in [0.2, 0.25) is 0 Å². The minimum Gasteiger partial charge on any atom is -0.479 e. The Morgan fingerprint density at radius 2 is 2.33 bits per heavy atom. The maximum absolute atomic E-state index is 10.8. The van der Waals surface area contributed by atoms with Crippen LogP contribution in [0.5, 0.6) is 5.75 Å². The fourth-order valence-corrected chi connectivity index (χ4v) is 1.98. The lowest BCUT2D eigenvalue weighted by atomic mass is 10.2. The molecule has 1 aromatic heterocycles. The molecule has 1 heterocycles. The van der Waals surface area contributed by atoms with Crippen LogP contribution < -0.4 is 15.9 Å². The SMILES string of the molecule is CC(Oc1ccccc1C=NNc1nc(N)cs1)C(=O)O. The Labute approximate surface area is 125 Å². The van der Waals surface area contributed by atoms with Gasteiger partial charge in [0.05, 0.1) is 6.21 Å². The molecule has 4 N–H and O–H groups in total. The standard InChI is InChI=1S/C13H14N4O3S/c1-8(12(18)19)20-10-5-3-2-4-9(10)6-15-17-13-16-11(14)7-21-13/h2-8H,14H2,1H3,(H,16,17)(H,18,19). The van der Waals surface area contributed by atoms with Gasteiger partial charge in [-0.25, -0.2) is 9.78 Å². The summed E-state index contributed by atoms with van der Waals surface area (Å²) in [4.78, 5) is 14.8. The van der Waals surface area contributed by atoms with Gasteiger partial charge in [0.25, 0.3) is 0 Å². The molecule has 2 aromatic rings. The minimum absolute atomic E-state index is 0.428. The first-order valence-electron chi connectivity index (χ1n) is 6.05. The number of carboxylic acid groups (broad SMARTS) is 1. The summed E-state index contributed by atoms with van der Waals surface area (Å²) < 4.78 is 5.36. The van der Waals surface area contributed by atoms with Crippen LogP contribution in [-0.2, 0) is 4.79 Å². The van der Waals surface area contributed by atoms with Crippen LogP contribution in [0, 0.1) is 0 Å². The third kappa shape index (κ3) is 4.18. The zero-order chi connectivity index (χ0) is 15.2. The largest absolute Gasteiger partial charge is 0.479 e. The molecule has 0 aliphatic carbocycles. The van der Waals surface area contributed by atoms with Crippen molar-refractivity contribution in [2.75, 3.05) is 11.2 Å². The van der Waals surface area contributed by atoms with Gasteiger partial charge in [0.1, 0.15) is 11.6 Å². The molecule has 2 rings (SSSR count). The Morgan fingerprint density at radius 1 is 1.57 bits per heavy atom. The molecule has 8 heteroatoms. The highest BCUT2D eigenvalue weighted by atomic mass is 32.1. The normalized spacial score (nSPS) is 12.2. The van der Waals surface area contributed by atoms with Crippen LogP contribution >= 0.6 is 11.3 Å². The Hall–Kier alpha value is -2.61. The van der Waals surface area contributed by atoms with Gasteiger partial charge in [0.2, 0.25) is 5.13 Å². The van der Waals surface area contributed by atoms with E-state index in [1.165, 1.54) is 24.5 Å². The second-order valence-corrected chi connectivity index (χ2v) is 4.94. The summed E-state index contributed by atoms with van der Waals surface area (Å²) in [5, 5.41) is 15.2. The van der Waals surface area contributed by atoms with Gasteiger partial charge in [0, 0.05) is 10.9 Å². The number of carboxylic acids is 1. The number of nitrogen functional groups attached to an aromatic ring is 1. The molecule has 7 nitrogen and oxygen atoms in total. The molecule has 1 atom stereocenters. The Kier molecular flexibility index (Phi) is 4.72. The average Bonchev–Trinajstić information content (AvgIpc) is 2.86. The molecule has 21 heavy (non-hydrogen) atoms. The molecule has 0 spiro atoms. The van der Waals surface area contributed by atoms with Crippen molar-refractivity contribution in [3.63, 3.8) is 0 Å². The van der Waals surface area contributed by atoms with E-state index in [1.807, 2.05) is 0 Å². The quantitative estimate of drug-likeness (QED) is 0.556. The molecular weight excluding hydrogens is 292 g/mol. The first-order valence-corrected chi connectivity index (χ1v) is 6.93. The summed E-state index contributed by atoms with van der Waals surface area (Å²) in [5.41, 5.74) is 8.90. The van der Waals surface area contributed by atoms with Gasteiger partial charge in [-0.1, -0.05) is 12.1 Å². The number of ether oxygens (including phenoxy) is 1. The first kappa shape index (κ1) is 14.8. The van der Waals surface area contributed by atoms with Crippen LogP contribution in [0.3, 0.4) is 0 Å². The van der Waals surface area contributed by atoms with Crippen molar-refractivity contribution in [3.8, 4) is 5.75 Å². The van der Waals surface area contributed by atoms with Crippen molar-refractivity contribution in [2.45, 2.75) is 13.0 Å².